The van der Waals surface area contributed by atoms with Gasteiger partial charge in [-0.05, 0) is 73.2 Å². The fraction of sp³-hybridized carbons (Fsp3) is 0.216. The number of hydrogen-bond donors (Lipinski definition) is 1. The molecule has 2 aliphatic rings. The first-order valence-electron chi connectivity index (χ1n) is 14.8. The van der Waals surface area contributed by atoms with Crippen LogP contribution in [-0.4, -0.2) is 21.5 Å². The number of hydrogen-bond acceptors (Lipinski definition) is 4. The molecule has 2 aliphatic heterocycles. The molecule has 0 radical (unpaired) electrons. The maximum Gasteiger partial charge on any atom is 0.179 e. The molecule has 0 saturated carbocycles. The maximum atomic E-state index is 5.37. The van der Waals surface area contributed by atoms with Gasteiger partial charge in [-0.3, -0.25) is 0 Å². The van der Waals surface area contributed by atoms with E-state index in [1.54, 1.807) is 0 Å². The van der Waals surface area contributed by atoms with Crippen molar-refractivity contribution in [1.29, 1.82) is 0 Å². The highest BCUT2D eigenvalue weighted by molar-refractivity contribution is 6.52. The van der Waals surface area contributed by atoms with E-state index in [9.17, 15) is 0 Å². The Kier molecular flexibility index (Phi) is 6.31. The molecular formula is C37H36N6. The lowest BCUT2D eigenvalue weighted by Crippen LogP contribution is -2.48. The molecule has 6 nitrogen and oxygen atoms in total. The standard InChI is InChI=1S/C37H36N6/c1-23-16-21-29(24(2)22-23)38-34-36-40-35-32(25(3)41-43(35)28-12-8-7-9-13-28)33(26-17-19-27(20-18-26)37(4,5)6)42(36)31-15-11-10-14-30(31)39-34/h7-22,33H,1-6H3,(H,38,39). The summed E-state index contributed by atoms with van der Waals surface area (Å²) in [4.78, 5) is 12.9. The molecular weight excluding hydrogens is 528 g/mol. The lowest BCUT2D eigenvalue weighted by atomic mass is 9.85. The first-order valence-corrected chi connectivity index (χ1v) is 14.8. The molecule has 1 aromatic heterocycles. The Bertz CT molecular complexity index is 1910. The molecule has 4 aromatic carbocycles. The Labute approximate surface area is 253 Å². The van der Waals surface area contributed by atoms with E-state index < -0.39 is 0 Å². The average molecular weight is 565 g/mol. The van der Waals surface area contributed by atoms with Crippen LogP contribution in [0.5, 0.6) is 0 Å². The number of amidine groups is 2. The molecule has 0 amide bonds. The van der Waals surface area contributed by atoms with Gasteiger partial charge in [0.15, 0.2) is 17.5 Å². The molecule has 1 N–H and O–H groups in total. The van der Waals surface area contributed by atoms with Crippen LogP contribution in [0.25, 0.3) is 5.69 Å². The number of fused-ring (bicyclic) bond motifs is 4. The highest BCUT2D eigenvalue weighted by Crippen LogP contribution is 2.48. The maximum absolute atomic E-state index is 5.37. The Hall–Kier alpha value is -4.97. The Morgan fingerprint density at radius 1 is 0.814 bits per heavy atom. The normalized spacial score (nSPS) is 16.7. The summed E-state index contributed by atoms with van der Waals surface area (Å²) in [7, 11) is 0. The molecule has 0 bridgehead atoms. The summed E-state index contributed by atoms with van der Waals surface area (Å²) in [6.07, 6.45) is 0. The molecule has 0 saturated heterocycles. The van der Waals surface area contributed by atoms with E-state index in [1.165, 1.54) is 16.7 Å². The highest BCUT2D eigenvalue weighted by atomic mass is 15.4. The van der Waals surface area contributed by atoms with Crippen LogP contribution in [0.3, 0.4) is 0 Å². The van der Waals surface area contributed by atoms with Crippen molar-refractivity contribution in [2.24, 2.45) is 9.98 Å². The van der Waals surface area contributed by atoms with E-state index in [0.717, 1.165) is 51.2 Å². The van der Waals surface area contributed by atoms with E-state index in [0.29, 0.717) is 5.84 Å². The zero-order valence-electron chi connectivity index (χ0n) is 25.6. The zero-order chi connectivity index (χ0) is 29.9. The molecule has 1 unspecified atom stereocenters. The summed E-state index contributed by atoms with van der Waals surface area (Å²) in [6.45, 7) is 13.1. The van der Waals surface area contributed by atoms with Gasteiger partial charge in [-0.1, -0.05) is 93.1 Å². The van der Waals surface area contributed by atoms with Gasteiger partial charge in [0, 0.05) is 5.56 Å². The summed E-state index contributed by atoms with van der Waals surface area (Å²) >= 11 is 0. The number of aryl methyl sites for hydroxylation is 3. The van der Waals surface area contributed by atoms with Gasteiger partial charge < -0.3 is 10.2 Å². The van der Waals surface area contributed by atoms with Gasteiger partial charge in [-0.15, -0.1) is 0 Å². The van der Waals surface area contributed by atoms with E-state index in [4.69, 9.17) is 15.1 Å². The van der Waals surface area contributed by atoms with Crippen LogP contribution >= 0.6 is 0 Å². The van der Waals surface area contributed by atoms with Gasteiger partial charge in [-0.25, -0.2) is 14.7 Å². The van der Waals surface area contributed by atoms with Crippen molar-refractivity contribution in [2.45, 2.75) is 53.0 Å². The Morgan fingerprint density at radius 2 is 1.53 bits per heavy atom. The van der Waals surface area contributed by atoms with Crippen LogP contribution in [0, 0.1) is 20.8 Å². The SMILES string of the molecule is Cc1ccc(N=C2Nc3ccccc3N3C2=Nc2c(c(C)nn2-c2ccccc2)C3c2ccc(C(C)(C)C)cc2)c(C)c1. The third kappa shape index (κ3) is 4.63. The second-order valence-corrected chi connectivity index (χ2v) is 12.5. The first-order chi connectivity index (χ1) is 20.7. The van der Waals surface area contributed by atoms with Crippen molar-refractivity contribution >= 4 is 34.6 Å². The van der Waals surface area contributed by atoms with Crippen molar-refractivity contribution in [1.82, 2.24) is 9.78 Å². The van der Waals surface area contributed by atoms with Crippen molar-refractivity contribution in [2.75, 3.05) is 10.2 Å². The molecule has 1 atom stereocenters. The van der Waals surface area contributed by atoms with Crippen molar-refractivity contribution in [3.63, 3.8) is 0 Å². The number of nitrogens with one attached hydrogen (secondary N) is 1. The Balaban J connectivity index is 1.51. The number of aromatic nitrogens is 2. The first kappa shape index (κ1) is 26.9. The summed E-state index contributed by atoms with van der Waals surface area (Å²) in [6, 6.07) is 33.9. The van der Waals surface area contributed by atoms with Crippen LogP contribution in [0.15, 0.2) is 107 Å². The highest BCUT2D eigenvalue weighted by Gasteiger charge is 2.42. The number of anilines is 2. The van der Waals surface area contributed by atoms with Crippen LogP contribution in [-0.2, 0) is 5.41 Å². The van der Waals surface area contributed by atoms with Crippen molar-refractivity contribution in [3.05, 3.63) is 131 Å². The van der Waals surface area contributed by atoms with E-state index in [-0.39, 0.29) is 11.5 Å². The van der Waals surface area contributed by atoms with Gasteiger partial charge in [0.1, 0.15) is 0 Å². The zero-order valence-corrected chi connectivity index (χ0v) is 25.6. The molecule has 214 valence electrons. The van der Waals surface area contributed by atoms with Crippen LogP contribution in [0.4, 0.5) is 22.9 Å². The number of rotatable bonds is 3. The smallest absolute Gasteiger partial charge is 0.179 e. The summed E-state index contributed by atoms with van der Waals surface area (Å²) in [5.74, 6) is 2.31. The minimum Gasteiger partial charge on any atom is -0.335 e. The molecule has 6 heteroatoms. The van der Waals surface area contributed by atoms with Gasteiger partial charge in [-0.2, -0.15) is 5.10 Å². The third-order valence-electron chi connectivity index (χ3n) is 8.36. The predicted octanol–water partition coefficient (Wildman–Crippen LogP) is 8.89. The topological polar surface area (TPSA) is 57.8 Å². The van der Waals surface area contributed by atoms with Gasteiger partial charge in [0.2, 0.25) is 0 Å². The Morgan fingerprint density at radius 3 is 2.26 bits per heavy atom. The van der Waals surface area contributed by atoms with Crippen LogP contribution in [0.2, 0.25) is 0 Å². The fourth-order valence-electron chi connectivity index (χ4n) is 6.11. The second kappa shape index (κ2) is 10.1. The number of nitrogens with zero attached hydrogens (tertiary/aromatic N) is 5. The van der Waals surface area contributed by atoms with Crippen LogP contribution in [0.1, 0.15) is 60.3 Å². The van der Waals surface area contributed by atoms with Crippen molar-refractivity contribution < 1.29 is 0 Å². The third-order valence-corrected chi connectivity index (χ3v) is 8.36. The fourth-order valence-corrected chi connectivity index (χ4v) is 6.11. The summed E-state index contributed by atoms with van der Waals surface area (Å²) < 4.78 is 1.97. The predicted molar refractivity (Wildman–Crippen MR) is 178 cm³/mol. The minimum absolute atomic E-state index is 0.0599. The molecule has 43 heavy (non-hydrogen) atoms. The molecule has 0 aliphatic carbocycles. The summed E-state index contributed by atoms with van der Waals surface area (Å²) in [5.41, 5.74) is 10.9. The van der Waals surface area contributed by atoms with E-state index in [2.05, 4.69) is 131 Å². The molecule has 0 spiro atoms. The quantitative estimate of drug-likeness (QED) is 0.238. The van der Waals surface area contributed by atoms with Crippen LogP contribution < -0.4 is 10.2 Å². The van der Waals surface area contributed by atoms with Gasteiger partial charge in [0.25, 0.3) is 0 Å². The lowest BCUT2D eigenvalue weighted by Gasteiger charge is -2.42. The van der Waals surface area contributed by atoms with E-state index in [1.807, 2.05) is 22.9 Å². The van der Waals surface area contributed by atoms with Gasteiger partial charge in [0.05, 0.1) is 34.5 Å². The largest absolute Gasteiger partial charge is 0.335 e. The van der Waals surface area contributed by atoms with Crippen molar-refractivity contribution in [3.8, 4) is 5.69 Å². The molecule has 0 fully saturated rings. The lowest BCUT2D eigenvalue weighted by molar-refractivity contribution is 0.589. The number of aliphatic imine (C=N–C) groups is 2. The number of para-hydroxylation sites is 3. The average Bonchev–Trinajstić information content (AvgIpc) is 3.33. The monoisotopic (exact) mass is 564 g/mol. The molecule has 3 heterocycles. The minimum atomic E-state index is -0.151. The number of benzene rings is 4. The van der Waals surface area contributed by atoms with Gasteiger partial charge >= 0.3 is 0 Å². The second-order valence-electron chi connectivity index (χ2n) is 12.5. The molecule has 5 aromatic rings. The van der Waals surface area contributed by atoms with E-state index >= 15 is 0 Å². The summed E-state index contributed by atoms with van der Waals surface area (Å²) in [5, 5.41) is 8.70. The molecule has 7 rings (SSSR count).